The fourth-order valence-corrected chi connectivity index (χ4v) is 2.93. The summed E-state index contributed by atoms with van der Waals surface area (Å²) in [7, 11) is 0. The average Bonchev–Trinajstić information content (AvgIpc) is 3.08. The summed E-state index contributed by atoms with van der Waals surface area (Å²) in [6.45, 7) is 1.99. The van der Waals surface area contributed by atoms with Crippen LogP contribution in [0.1, 0.15) is 15.9 Å². The molecule has 4 aromatic rings. The number of aryl methyl sites for hydroxylation is 1. The van der Waals surface area contributed by atoms with Gasteiger partial charge in [0, 0.05) is 23.6 Å². The smallest absolute Gasteiger partial charge is 0.261 e. The first-order chi connectivity index (χ1) is 13.0. The number of carbonyl (C=O) groups is 1. The maximum Gasteiger partial charge on any atom is 0.261 e. The van der Waals surface area contributed by atoms with Crippen LogP contribution in [-0.2, 0) is 0 Å². The lowest BCUT2D eigenvalue weighted by molar-refractivity contribution is 0.101. The Labute approximate surface area is 154 Å². The highest BCUT2D eigenvalue weighted by atomic mass is 19.1. The summed E-state index contributed by atoms with van der Waals surface area (Å²) in [5, 5.41) is 2.51. The molecule has 0 radical (unpaired) electrons. The molecule has 0 fully saturated rings. The van der Waals surface area contributed by atoms with E-state index in [4.69, 9.17) is 0 Å². The number of hydrogen-bond donors (Lipinski definition) is 1. The van der Waals surface area contributed by atoms with Gasteiger partial charge >= 0.3 is 0 Å². The molecular weight excluding hydrogens is 348 g/mol. The molecule has 0 aliphatic carbocycles. The lowest BCUT2D eigenvalue weighted by Gasteiger charge is -2.07. The van der Waals surface area contributed by atoms with E-state index in [0.29, 0.717) is 5.69 Å². The van der Waals surface area contributed by atoms with Crippen LogP contribution in [0.25, 0.3) is 16.9 Å². The van der Waals surface area contributed by atoms with Gasteiger partial charge in [0.2, 0.25) is 0 Å². The van der Waals surface area contributed by atoms with Gasteiger partial charge in [0.15, 0.2) is 0 Å². The van der Waals surface area contributed by atoms with E-state index in [1.54, 1.807) is 24.3 Å². The Morgan fingerprint density at radius 3 is 2.37 bits per heavy atom. The Morgan fingerprint density at radius 1 is 1.00 bits per heavy atom. The second-order valence-corrected chi connectivity index (χ2v) is 6.18. The first-order valence-electron chi connectivity index (χ1n) is 8.33. The van der Waals surface area contributed by atoms with Gasteiger partial charge in [0.25, 0.3) is 5.91 Å². The molecule has 0 unspecified atom stereocenters. The number of hydrogen-bond acceptors (Lipinski definition) is 2. The average molecular weight is 363 g/mol. The number of aromatic nitrogens is 2. The molecule has 0 saturated heterocycles. The first kappa shape index (κ1) is 16.9. The third kappa shape index (κ3) is 3.17. The van der Waals surface area contributed by atoms with Crippen LogP contribution in [0.15, 0.2) is 67.0 Å². The molecule has 2 aromatic heterocycles. The molecule has 4 rings (SSSR count). The van der Waals surface area contributed by atoms with Crippen LogP contribution in [0.3, 0.4) is 0 Å². The van der Waals surface area contributed by atoms with Crippen molar-refractivity contribution in [1.29, 1.82) is 0 Å². The Balaban J connectivity index is 1.58. The van der Waals surface area contributed by atoms with E-state index in [-0.39, 0.29) is 0 Å². The Kier molecular flexibility index (Phi) is 4.16. The number of pyridine rings is 1. The zero-order valence-electron chi connectivity index (χ0n) is 14.4. The van der Waals surface area contributed by atoms with Crippen molar-refractivity contribution in [2.45, 2.75) is 6.92 Å². The van der Waals surface area contributed by atoms with Crippen LogP contribution in [0.5, 0.6) is 0 Å². The van der Waals surface area contributed by atoms with E-state index < -0.39 is 23.1 Å². The van der Waals surface area contributed by atoms with Crippen LogP contribution in [0.2, 0.25) is 0 Å². The summed E-state index contributed by atoms with van der Waals surface area (Å²) >= 11 is 0. The van der Waals surface area contributed by atoms with Gasteiger partial charge in [-0.1, -0.05) is 24.3 Å². The first-order valence-corrected chi connectivity index (χ1v) is 8.33. The standard InChI is InChI=1S/C21H15F2N3O/c1-13-4-3-11-26-12-18(25-20(13)26)14-7-9-15(10-8-14)24-21(27)19-16(22)5-2-6-17(19)23/h2-12H,1H3,(H,24,27). The van der Waals surface area contributed by atoms with Crippen LogP contribution >= 0.6 is 0 Å². The van der Waals surface area contributed by atoms with Gasteiger partial charge < -0.3 is 9.72 Å². The summed E-state index contributed by atoms with van der Waals surface area (Å²) < 4.78 is 29.4. The number of imidazole rings is 1. The van der Waals surface area contributed by atoms with Crippen molar-refractivity contribution in [2.24, 2.45) is 0 Å². The van der Waals surface area contributed by atoms with E-state index in [1.165, 1.54) is 6.07 Å². The van der Waals surface area contributed by atoms with Crippen molar-refractivity contribution in [3.05, 3.63) is 89.8 Å². The zero-order chi connectivity index (χ0) is 19.0. The summed E-state index contributed by atoms with van der Waals surface area (Å²) in [6.07, 6.45) is 3.85. The van der Waals surface area contributed by atoms with Crippen molar-refractivity contribution in [3.8, 4) is 11.3 Å². The van der Waals surface area contributed by atoms with Gasteiger partial charge in [0.05, 0.1) is 5.69 Å². The number of amides is 1. The fraction of sp³-hybridized carbons (Fsp3) is 0.0476. The van der Waals surface area contributed by atoms with Crippen LogP contribution in [0.4, 0.5) is 14.5 Å². The van der Waals surface area contributed by atoms with Crippen LogP contribution in [0, 0.1) is 18.6 Å². The number of nitrogens with zero attached hydrogens (tertiary/aromatic N) is 2. The van der Waals surface area contributed by atoms with E-state index in [2.05, 4.69) is 10.3 Å². The van der Waals surface area contributed by atoms with E-state index >= 15 is 0 Å². The topological polar surface area (TPSA) is 46.4 Å². The third-order valence-electron chi connectivity index (χ3n) is 4.31. The molecule has 0 aliphatic rings. The molecule has 0 aliphatic heterocycles. The molecule has 4 nitrogen and oxygen atoms in total. The van der Waals surface area contributed by atoms with Crippen LogP contribution in [-0.4, -0.2) is 15.3 Å². The Bertz CT molecular complexity index is 1130. The number of carbonyl (C=O) groups excluding carboxylic acids is 1. The van der Waals surface area contributed by atoms with Crippen molar-refractivity contribution in [1.82, 2.24) is 9.38 Å². The van der Waals surface area contributed by atoms with Gasteiger partial charge in [-0.15, -0.1) is 0 Å². The molecule has 0 bridgehead atoms. The molecule has 1 N–H and O–H groups in total. The number of nitrogens with one attached hydrogen (secondary N) is 1. The highest BCUT2D eigenvalue weighted by Gasteiger charge is 2.17. The molecule has 0 spiro atoms. The fourth-order valence-electron chi connectivity index (χ4n) is 2.93. The minimum atomic E-state index is -0.899. The lowest BCUT2D eigenvalue weighted by atomic mass is 10.1. The maximum absolute atomic E-state index is 13.7. The Hall–Kier alpha value is -3.54. The third-order valence-corrected chi connectivity index (χ3v) is 4.31. The predicted octanol–water partition coefficient (Wildman–Crippen LogP) is 4.84. The lowest BCUT2D eigenvalue weighted by Crippen LogP contribution is -2.15. The zero-order valence-corrected chi connectivity index (χ0v) is 14.4. The molecule has 2 heterocycles. The molecule has 2 aromatic carbocycles. The number of anilines is 1. The Morgan fingerprint density at radius 2 is 1.70 bits per heavy atom. The second kappa shape index (κ2) is 6.64. The highest BCUT2D eigenvalue weighted by Crippen LogP contribution is 2.23. The largest absolute Gasteiger partial charge is 0.322 e. The molecule has 0 atom stereocenters. The van der Waals surface area contributed by atoms with E-state index in [1.807, 2.05) is 35.9 Å². The van der Waals surface area contributed by atoms with Crippen LogP contribution < -0.4 is 5.32 Å². The highest BCUT2D eigenvalue weighted by molar-refractivity contribution is 6.04. The SMILES string of the molecule is Cc1cccn2cc(-c3ccc(NC(=O)c4c(F)cccc4F)cc3)nc12. The van der Waals surface area contributed by atoms with Crippen molar-refractivity contribution in [2.75, 3.05) is 5.32 Å². The predicted molar refractivity (Wildman–Crippen MR) is 99.7 cm³/mol. The molecule has 1 amide bonds. The number of benzene rings is 2. The van der Waals surface area contributed by atoms with Crippen molar-refractivity contribution < 1.29 is 13.6 Å². The summed E-state index contributed by atoms with van der Waals surface area (Å²) in [4.78, 5) is 16.8. The normalized spacial score (nSPS) is 10.9. The number of halogens is 2. The summed E-state index contributed by atoms with van der Waals surface area (Å²) in [5.41, 5.74) is 3.44. The van der Waals surface area contributed by atoms with E-state index in [0.717, 1.165) is 34.6 Å². The molecular formula is C21H15F2N3O. The second-order valence-electron chi connectivity index (χ2n) is 6.18. The quantitative estimate of drug-likeness (QED) is 0.566. The summed E-state index contributed by atoms with van der Waals surface area (Å²) in [6, 6.07) is 14.2. The molecule has 134 valence electrons. The van der Waals surface area contributed by atoms with Gasteiger partial charge in [-0.25, -0.2) is 13.8 Å². The van der Waals surface area contributed by atoms with Crippen molar-refractivity contribution in [3.63, 3.8) is 0 Å². The number of fused-ring (bicyclic) bond motifs is 1. The van der Waals surface area contributed by atoms with Gasteiger partial charge in [-0.2, -0.15) is 0 Å². The molecule has 6 heteroatoms. The van der Waals surface area contributed by atoms with Gasteiger partial charge in [-0.3, -0.25) is 4.79 Å². The number of rotatable bonds is 3. The van der Waals surface area contributed by atoms with Gasteiger partial charge in [0.1, 0.15) is 22.8 Å². The minimum absolute atomic E-state index is 0.436. The van der Waals surface area contributed by atoms with Gasteiger partial charge in [-0.05, 0) is 42.8 Å². The summed E-state index contributed by atoms with van der Waals surface area (Å²) in [5.74, 6) is -2.63. The molecule has 27 heavy (non-hydrogen) atoms. The molecule has 0 saturated carbocycles. The van der Waals surface area contributed by atoms with E-state index in [9.17, 15) is 13.6 Å². The maximum atomic E-state index is 13.7. The van der Waals surface area contributed by atoms with Crippen molar-refractivity contribution >= 4 is 17.2 Å². The monoisotopic (exact) mass is 363 g/mol. The minimum Gasteiger partial charge on any atom is -0.322 e.